The Morgan fingerprint density at radius 3 is 2.55 bits per heavy atom. The molecule has 0 aliphatic heterocycles. The van der Waals surface area contributed by atoms with E-state index in [1.165, 1.54) is 0 Å². The van der Waals surface area contributed by atoms with Gasteiger partial charge in [-0.3, -0.25) is 14.4 Å². The van der Waals surface area contributed by atoms with Gasteiger partial charge in [0.1, 0.15) is 6.04 Å². The molecule has 0 spiro atoms. The van der Waals surface area contributed by atoms with Crippen molar-refractivity contribution >= 4 is 17.7 Å². The molecule has 3 N–H and O–H groups in total. The van der Waals surface area contributed by atoms with Crippen molar-refractivity contribution in [3.05, 3.63) is 35.4 Å². The van der Waals surface area contributed by atoms with Crippen molar-refractivity contribution in [3.8, 4) is 0 Å². The van der Waals surface area contributed by atoms with Gasteiger partial charge in [-0.1, -0.05) is 24.6 Å². The van der Waals surface area contributed by atoms with Gasteiger partial charge in [0.15, 0.2) is 0 Å². The summed E-state index contributed by atoms with van der Waals surface area (Å²) in [6, 6.07) is 6.47. The quantitative estimate of drug-likeness (QED) is 0.695. The lowest BCUT2D eigenvalue weighted by Crippen LogP contribution is -2.48. The fourth-order valence-electron chi connectivity index (χ4n) is 1.81. The number of nitrogens with one attached hydrogen (secondary N) is 3. The van der Waals surface area contributed by atoms with E-state index in [0.717, 1.165) is 12.0 Å². The zero-order valence-electron chi connectivity index (χ0n) is 13.2. The normalized spacial score (nSPS) is 11.4. The number of hydrogen-bond donors (Lipinski definition) is 3. The summed E-state index contributed by atoms with van der Waals surface area (Å²) in [6.45, 7) is 5.84. The van der Waals surface area contributed by atoms with Gasteiger partial charge in [0.25, 0.3) is 5.91 Å². The van der Waals surface area contributed by atoms with Gasteiger partial charge in [0.05, 0.1) is 6.54 Å². The van der Waals surface area contributed by atoms with Crippen LogP contribution >= 0.6 is 0 Å². The fraction of sp³-hybridized carbons (Fsp3) is 0.438. The van der Waals surface area contributed by atoms with Gasteiger partial charge in [0.2, 0.25) is 11.8 Å². The standard InChI is InChI=1S/C16H23N3O3/c1-4-8-17-15(21)12(3)19-14(20)10-18-16(22)13-7-5-6-11(2)9-13/h5-7,9,12H,4,8,10H2,1-3H3,(H,17,21)(H,18,22)(H,19,20)/t12-/m0/s1. The first-order chi connectivity index (χ1) is 10.4. The lowest BCUT2D eigenvalue weighted by molar-refractivity contribution is -0.128. The van der Waals surface area contributed by atoms with E-state index in [1.807, 2.05) is 19.9 Å². The first-order valence-electron chi connectivity index (χ1n) is 7.36. The molecule has 1 aromatic rings. The van der Waals surface area contributed by atoms with Crippen molar-refractivity contribution < 1.29 is 14.4 Å². The molecule has 0 saturated heterocycles. The van der Waals surface area contributed by atoms with Gasteiger partial charge < -0.3 is 16.0 Å². The van der Waals surface area contributed by atoms with Crippen molar-refractivity contribution in [1.29, 1.82) is 0 Å². The second kappa shape index (κ2) is 8.81. The molecule has 0 bridgehead atoms. The molecule has 0 unspecified atom stereocenters. The summed E-state index contributed by atoms with van der Waals surface area (Å²) in [6.07, 6.45) is 0.832. The van der Waals surface area contributed by atoms with Crippen molar-refractivity contribution in [2.24, 2.45) is 0 Å². The summed E-state index contributed by atoms with van der Waals surface area (Å²) >= 11 is 0. The van der Waals surface area contributed by atoms with E-state index >= 15 is 0 Å². The van der Waals surface area contributed by atoms with Gasteiger partial charge in [0, 0.05) is 12.1 Å². The Labute approximate surface area is 130 Å². The Bertz CT molecular complexity index is 543. The van der Waals surface area contributed by atoms with Crippen LogP contribution in [0.5, 0.6) is 0 Å². The third-order valence-corrected chi connectivity index (χ3v) is 3.01. The average molecular weight is 305 g/mol. The summed E-state index contributed by atoms with van der Waals surface area (Å²) in [5.74, 6) is -0.956. The molecule has 3 amide bonds. The van der Waals surface area contributed by atoms with E-state index in [9.17, 15) is 14.4 Å². The van der Waals surface area contributed by atoms with Crippen molar-refractivity contribution in [2.75, 3.05) is 13.1 Å². The topological polar surface area (TPSA) is 87.3 Å². The molecule has 0 radical (unpaired) electrons. The maximum absolute atomic E-state index is 11.9. The Morgan fingerprint density at radius 2 is 1.91 bits per heavy atom. The predicted octanol–water partition coefficient (Wildman–Crippen LogP) is 0.756. The van der Waals surface area contributed by atoms with E-state index in [2.05, 4.69) is 16.0 Å². The van der Waals surface area contributed by atoms with E-state index in [1.54, 1.807) is 25.1 Å². The zero-order chi connectivity index (χ0) is 16.5. The van der Waals surface area contributed by atoms with Crippen LogP contribution in [0.25, 0.3) is 0 Å². The third-order valence-electron chi connectivity index (χ3n) is 3.01. The number of benzene rings is 1. The average Bonchev–Trinajstić information content (AvgIpc) is 2.50. The second-order valence-electron chi connectivity index (χ2n) is 5.13. The smallest absolute Gasteiger partial charge is 0.251 e. The van der Waals surface area contributed by atoms with Crippen LogP contribution in [-0.4, -0.2) is 36.9 Å². The molecule has 0 aromatic heterocycles. The number of carbonyl (C=O) groups is 3. The number of hydrogen-bond acceptors (Lipinski definition) is 3. The SMILES string of the molecule is CCCNC(=O)[C@H](C)NC(=O)CNC(=O)c1cccc(C)c1. The highest BCUT2D eigenvalue weighted by molar-refractivity contribution is 5.97. The summed E-state index contributed by atoms with van der Waals surface area (Å²) in [7, 11) is 0. The highest BCUT2D eigenvalue weighted by Crippen LogP contribution is 2.03. The largest absolute Gasteiger partial charge is 0.354 e. The molecule has 0 aliphatic carbocycles. The third kappa shape index (κ3) is 5.95. The second-order valence-corrected chi connectivity index (χ2v) is 5.13. The highest BCUT2D eigenvalue weighted by atomic mass is 16.2. The van der Waals surface area contributed by atoms with Crippen LogP contribution in [-0.2, 0) is 9.59 Å². The maximum Gasteiger partial charge on any atom is 0.251 e. The van der Waals surface area contributed by atoms with Crippen LogP contribution in [0.2, 0.25) is 0 Å². The Hall–Kier alpha value is -2.37. The van der Waals surface area contributed by atoms with Gasteiger partial charge in [-0.25, -0.2) is 0 Å². The molecule has 6 nitrogen and oxygen atoms in total. The van der Waals surface area contributed by atoms with E-state index < -0.39 is 11.9 Å². The van der Waals surface area contributed by atoms with Crippen molar-refractivity contribution in [1.82, 2.24) is 16.0 Å². The molecule has 0 heterocycles. The van der Waals surface area contributed by atoms with Crippen LogP contribution < -0.4 is 16.0 Å². The van der Waals surface area contributed by atoms with Gasteiger partial charge in [-0.15, -0.1) is 0 Å². The molecule has 1 aromatic carbocycles. The molecular formula is C16H23N3O3. The molecular weight excluding hydrogens is 282 g/mol. The first kappa shape index (κ1) is 17.7. The number of rotatable bonds is 7. The van der Waals surface area contributed by atoms with Crippen molar-refractivity contribution in [2.45, 2.75) is 33.2 Å². The van der Waals surface area contributed by atoms with Gasteiger partial charge in [-0.05, 0) is 32.4 Å². The molecule has 120 valence electrons. The first-order valence-corrected chi connectivity index (χ1v) is 7.36. The lowest BCUT2D eigenvalue weighted by Gasteiger charge is -2.14. The molecule has 22 heavy (non-hydrogen) atoms. The van der Waals surface area contributed by atoms with E-state index in [0.29, 0.717) is 12.1 Å². The minimum absolute atomic E-state index is 0.168. The minimum atomic E-state index is -0.630. The molecule has 1 atom stereocenters. The zero-order valence-corrected chi connectivity index (χ0v) is 13.2. The number of carbonyl (C=O) groups excluding carboxylic acids is 3. The number of aryl methyl sites for hydroxylation is 1. The van der Waals surface area contributed by atoms with E-state index in [-0.39, 0.29) is 18.4 Å². The van der Waals surface area contributed by atoms with Crippen LogP contribution in [0.4, 0.5) is 0 Å². The van der Waals surface area contributed by atoms with Crippen LogP contribution in [0.3, 0.4) is 0 Å². The van der Waals surface area contributed by atoms with Gasteiger partial charge in [-0.2, -0.15) is 0 Å². The van der Waals surface area contributed by atoms with E-state index in [4.69, 9.17) is 0 Å². The number of amides is 3. The molecule has 0 aliphatic rings. The predicted molar refractivity (Wildman–Crippen MR) is 84.4 cm³/mol. The van der Waals surface area contributed by atoms with Crippen molar-refractivity contribution in [3.63, 3.8) is 0 Å². The summed E-state index contributed by atoms with van der Waals surface area (Å²) < 4.78 is 0. The summed E-state index contributed by atoms with van der Waals surface area (Å²) in [5, 5.41) is 7.77. The monoisotopic (exact) mass is 305 g/mol. The molecule has 6 heteroatoms. The van der Waals surface area contributed by atoms with Gasteiger partial charge >= 0.3 is 0 Å². The minimum Gasteiger partial charge on any atom is -0.354 e. The fourth-order valence-corrected chi connectivity index (χ4v) is 1.81. The lowest BCUT2D eigenvalue weighted by atomic mass is 10.1. The maximum atomic E-state index is 11.9. The molecule has 1 rings (SSSR count). The highest BCUT2D eigenvalue weighted by Gasteiger charge is 2.15. The van der Waals surface area contributed by atoms with Crippen LogP contribution in [0.15, 0.2) is 24.3 Å². The Kier molecular flexibility index (Phi) is 7.08. The molecule has 0 saturated carbocycles. The van der Waals surface area contributed by atoms with Crippen LogP contribution in [0, 0.1) is 6.92 Å². The summed E-state index contributed by atoms with van der Waals surface area (Å²) in [5.41, 5.74) is 1.47. The molecule has 0 fully saturated rings. The summed E-state index contributed by atoms with van der Waals surface area (Å²) in [4.78, 5) is 35.2. The Balaban J connectivity index is 2.39. The van der Waals surface area contributed by atoms with Crippen LogP contribution in [0.1, 0.15) is 36.2 Å². The Morgan fingerprint density at radius 1 is 1.18 bits per heavy atom.